The molecule has 21 heavy (non-hydrogen) atoms. The molecule has 0 saturated heterocycles. The van der Waals surface area contributed by atoms with E-state index in [-0.39, 0.29) is 16.3 Å². The van der Waals surface area contributed by atoms with Gasteiger partial charge in [0.1, 0.15) is 0 Å². The molecule has 5 nitrogen and oxygen atoms in total. The fourth-order valence-corrected chi connectivity index (χ4v) is 2.82. The minimum atomic E-state index is -3.84. The third-order valence-corrected chi connectivity index (χ3v) is 5.07. The lowest BCUT2D eigenvalue weighted by atomic mass is 9.98. The molecule has 0 spiro atoms. The van der Waals surface area contributed by atoms with Crippen LogP contribution in [0.1, 0.15) is 50.0 Å². The summed E-state index contributed by atoms with van der Waals surface area (Å²) in [6.45, 7) is 7.77. The second-order valence-electron chi connectivity index (χ2n) is 5.75. The van der Waals surface area contributed by atoms with E-state index in [0.29, 0.717) is 17.5 Å². The summed E-state index contributed by atoms with van der Waals surface area (Å²) in [4.78, 5) is 14.2. The highest BCUT2D eigenvalue weighted by molar-refractivity contribution is 7.89. The number of aryl methyl sites for hydroxylation is 1. The van der Waals surface area contributed by atoms with Crippen LogP contribution in [0, 0.1) is 0 Å². The van der Waals surface area contributed by atoms with E-state index in [9.17, 15) is 13.2 Å². The SMILES string of the molecule is CCc1ccc(C(=O)N(C)C(C)(C)CC)cc1S(N)(=O)=O. The predicted octanol–water partition coefficient (Wildman–Crippen LogP) is 2.16. The normalized spacial score (nSPS) is 12.3. The molecule has 0 aromatic heterocycles. The van der Waals surface area contributed by atoms with Crippen LogP contribution >= 0.6 is 0 Å². The van der Waals surface area contributed by atoms with E-state index in [1.165, 1.54) is 6.07 Å². The van der Waals surface area contributed by atoms with E-state index in [0.717, 1.165) is 6.42 Å². The number of carbonyl (C=O) groups is 1. The maximum atomic E-state index is 12.5. The molecule has 0 aliphatic carbocycles. The number of sulfonamides is 1. The number of benzene rings is 1. The molecule has 1 rings (SSSR count). The second-order valence-corrected chi connectivity index (χ2v) is 7.28. The van der Waals surface area contributed by atoms with Crippen LogP contribution in [0.4, 0.5) is 0 Å². The Hall–Kier alpha value is -1.40. The largest absolute Gasteiger partial charge is 0.337 e. The van der Waals surface area contributed by atoms with Gasteiger partial charge in [0, 0.05) is 18.2 Å². The van der Waals surface area contributed by atoms with Gasteiger partial charge >= 0.3 is 0 Å². The van der Waals surface area contributed by atoms with E-state index in [1.807, 2.05) is 27.7 Å². The summed E-state index contributed by atoms with van der Waals surface area (Å²) < 4.78 is 23.3. The van der Waals surface area contributed by atoms with Gasteiger partial charge in [-0.3, -0.25) is 4.79 Å². The first kappa shape index (κ1) is 17.7. The van der Waals surface area contributed by atoms with E-state index in [4.69, 9.17) is 5.14 Å². The maximum Gasteiger partial charge on any atom is 0.254 e. The van der Waals surface area contributed by atoms with Gasteiger partial charge in [-0.1, -0.05) is 19.9 Å². The monoisotopic (exact) mass is 312 g/mol. The topological polar surface area (TPSA) is 80.5 Å². The van der Waals surface area contributed by atoms with E-state index >= 15 is 0 Å². The van der Waals surface area contributed by atoms with Crippen molar-refractivity contribution in [3.63, 3.8) is 0 Å². The Morgan fingerprint density at radius 1 is 1.29 bits per heavy atom. The van der Waals surface area contributed by atoms with Crippen LogP contribution < -0.4 is 5.14 Å². The molecule has 0 aliphatic rings. The predicted molar refractivity (Wildman–Crippen MR) is 83.7 cm³/mol. The van der Waals surface area contributed by atoms with Crippen LogP contribution in [-0.2, 0) is 16.4 Å². The number of hydrogen-bond donors (Lipinski definition) is 1. The van der Waals surface area contributed by atoms with Crippen molar-refractivity contribution < 1.29 is 13.2 Å². The Kier molecular flexibility index (Phi) is 5.17. The third-order valence-electron chi connectivity index (χ3n) is 4.08. The summed E-state index contributed by atoms with van der Waals surface area (Å²) >= 11 is 0. The first-order valence-electron chi connectivity index (χ1n) is 6.98. The Bertz CT molecular complexity index is 636. The number of nitrogens with two attached hydrogens (primary N) is 1. The molecule has 118 valence electrons. The highest BCUT2D eigenvalue weighted by Crippen LogP contribution is 2.22. The Morgan fingerprint density at radius 3 is 2.29 bits per heavy atom. The van der Waals surface area contributed by atoms with Gasteiger partial charge in [-0.15, -0.1) is 0 Å². The van der Waals surface area contributed by atoms with Crippen molar-refractivity contribution >= 4 is 15.9 Å². The van der Waals surface area contributed by atoms with Crippen LogP contribution in [0.2, 0.25) is 0 Å². The number of carbonyl (C=O) groups excluding carboxylic acids is 1. The van der Waals surface area contributed by atoms with Crippen molar-refractivity contribution in [2.75, 3.05) is 7.05 Å². The quantitative estimate of drug-likeness (QED) is 0.904. The van der Waals surface area contributed by atoms with Gasteiger partial charge in [0.05, 0.1) is 4.90 Å². The van der Waals surface area contributed by atoms with Crippen molar-refractivity contribution in [3.05, 3.63) is 29.3 Å². The number of hydrogen-bond acceptors (Lipinski definition) is 3. The van der Waals surface area contributed by atoms with Gasteiger partial charge < -0.3 is 4.90 Å². The summed E-state index contributed by atoms with van der Waals surface area (Å²) in [5, 5.41) is 5.24. The van der Waals surface area contributed by atoms with E-state index in [2.05, 4.69) is 0 Å². The molecule has 0 aliphatic heterocycles. The number of nitrogens with zero attached hydrogens (tertiary/aromatic N) is 1. The summed E-state index contributed by atoms with van der Waals surface area (Å²) in [5.41, 5.74) is 0.647. The highest BCUT2D eigenvalue weighted by atomic mass is 32.2. The number of amides is 1. The molecule has 1 aromatic carbocycles. The maximum absolute atomic E-state index is 12.5. The van der Waals surface area contributed by atoms with Crippen LogP contribution in [0.25, 0.3) is 0 Å². The lowest BCUT2D eigenvalue weighted by Crippen LogP contribution is -2.44. The summed E-state index contributed by atoms with van der Waals surface area (Å²) in [5.74, 6) is -0.214. The van der Waals surface area contributed by atoms with Gasteiger partial charge in [0.25, 0.3) is 5.91 Å². The lowest BCUT2D eigenvalue weighted by Gasteiger charge is -2.35. The lowest BCUT2D eigenvalue weighted by molar-refractivity contribution is 0.0620. The smallest absolute Gasteiger partial charge is 0.254 e. The van der Waals surface area contributed by atoms with Crippen LogP contribution in [0.5, 0.6) is 0 Å². The molecule has 0 fully saturated rings. The number of rotatable bonds is 5. The molecule has 1 amide bonds. The fraction of sp³-hybridized carbons (Fsp3) is 0.533. The molecule has 0 heterocycles. The third kappa shape index (κ3) is 3.83. The van der Waals surface area contributed by atoms with E-state index in [1.54, 1.807) is 24.1 Å². The van der Waals surface area contributed by atoms with Crippen molar-refractivity contribution in [1.82, 2.24) is 4.90 Å². The first-order valence-corrected chi connectivity index (χ1v) is 8.53. The molecule has 6 heteroatoms. The Balaban J connectivity index is 3.31. The van der Waals surface area contributed by atoms with Crippen molar-refractivity contribution in [3.8, 4) is 0 Å². The summed E-state index contributed by atoms with van der Waals surface area (Å²) in [6.07, 6.45) is 1.33. The molecule has 0 radical (unpaired) electrons. The zero-order valence-corrected chi connectivity index (χ0v) is 14.1. The molecule has 2 N–H and O–H groups in total. The molecular formula is C15H24N2O3S. The fourth-order valence-electron chi connectivity index (χ4n) is 1.95. The average molecular weight is 312 g/mol. The number of primary sulfonamides is 1. The second kappa shape index (κ2) is 6.15. The molecule has 0 saturated carbocycles. The average Bonchev–Trinajstić information content (AvgIpc) is 2.43. The Labute approximate surface area is 127 Å². The van der Waals surface area contributed by atoms with Gasteiger partial charge in [-0.2, -0.15) is 0 Å². The van der Waals surface area contributed by atoms with Gasteiger partial charge in [0.15, 0.2) is 0 Å². The van der Waals surface area contributed by atoms with Crippen molar-refractivity contribution in [2.24, 2.45) is 5.14 Å². The van der Waals surface area contributed by atoms with Gasteiger partial charge in [0.2, 0.25) is 10.0 Å². The van der Waals surface area contributed by atoms with Gasteiger partial charge in [-0.25, -0.2) is 13.6 Å². The summed E-state index contributed by atoms with van der Waals surface area (Å²) in [7, 11) is -2.12. The highest BCUT2D eigenvalue weighted by Gasteiger charge is 2.27. The zero-order chi connectivity index (χ0) is 16.4. The summed E-state index contributed by atoms with van der Waals surface area (Å²) in [6, 6.07) is 4.68. The van der Waals surface area contributed by atoms with Crippen LogP contribution in [-0.4, -0.2) is 31.8 Å². The van der Waals surface area contributed by atoms with E-state index < -0.39 is 10.0 Å². The molecule has 0 atom stereocenters. The zero-order valence-electron chi connectivity index (χ0n) is 13.3. The molecule has 0 unspecified atom stereocenters. The standard InChI is InChI=1S/C15H24N2O3S/c1-6-11-8-9-12(10-13(11)21(16,19)20)14(18)17(5)15(3,4)7-2/h8-10H,6-7H2,1-5H3,(H2,16,19,20). The van der Waals surface area contributed by atoms with Crippen molar-refractivity contribution in [2.45, 2.75) is 51.0 Å². The first-order chi connectivity index (χ1) is 9.54. The molecule has 0 bridgehead atoms. The minimum Gasteiger partial charge on any atom is -0.337 e. The van der Waals surface area contributed by atoms with Gasteiger partial charge in [-0.05, 0) is 44.4 Å². The van der Waals surface area contributed by atoms with Crippen LogP contribution in [0.3, 0.4) is 0 Å². The molecule has 1 aromatic rings. The van der Waals surface area contributed by atoms with Crippen LogP contribution in [0.15, 0.2) is 23.1 Å². The minimum absolute atomic E-state index is 0.0264. The molecular weight excluding hydrogens is 288 g/mol. The Morgan fingerprint density at radius 2 is 1.86 bits per heavy atom. The van der Waals surface area contributed by atoms with Crippen molar-refractivity contribution in [1.29, 1.82) is 0 Å².